The van der Waals surface area contributed by atoms with Gasteiger partial charge in [-0.2, -0.15) is 0 Å². The highest BCUT2D eigenvalue weighted by Crippen LogP contribution is 2.22. The molecule has 0 saturated heterocycles. The van der Waals surface area contributed by atoms with Crippen LogP contribution in [0.25, 0.3) is 6.08 Å². The summed E-state index contributed by atoms with van der Waals surface area (Å²) < 4.78 is 5.12. The van der Waals surface area contributed by atoms with Gasteiger partial charge in [-0.1, -0.05) is 41.4 Å². The van der Waals surface area contributed by atoms with Crippen LogP contribution in [0.1, 0.15) is 15.9 Å². The molecule has 4 heteroatoms. The van der Waals surface area contributed by atoms with Gasteiger partial charge in [0.1, 0.15) is 5.75 Å². The molecule has 0 N–H and O–H groups in total. The van der Waals surface area contributed by atoms with Crippen LogP contribution in [-0.2, 0) is 0 Å². The number of ether oxygens (including phenoxy) is 1. The first kappa shape index (κ1) is 14.6. The van der Waals surface area contributed by atoms with Gasteiger partial charge in [0.25, 0.3) is 0 Å². The van der Waals surface area contributed by atoms with E-state index < -0.39 is 0 Å². The molecule has 2 nitrogen and oxygen atoms in total. The molecular weight excluding hydrogens is 295 g/mol. The molecule has 0 aliphatic carbocycles. The first-order valence-electron chi connectivity index (χ1n) is 5.91. The van der Waals surface area contributed by atoms with Crippen LogP contribution in [0.15, 0.2) is 48.5 Å². The van der Waals surface area contributed by atoms with Gasteiger partial charge >= 0.3 is 0 Å². The average Bonchev–Trinajstić information content (AvgIpc) is 2.47. The Hall–Kier alpha value is -1.77. The third kappa shape index (κ3) is 3.62. The fourth-order valence-corrected chi connectivity index (χ4v) is 2.08. The van der Waals surface area contributed by atoms with E-state index in [1.165, 1.54) is 6.08 Å². The van der Waals surface area contributed by atoms with Crippen molar-refractivity contribution < 1.29 is 9.53 Å². The summed E-state index contributed by atoms with van der Waals surface area (Å²) >= 11 is 11.9. The molecule has 0 fully saturated rings. The van der Waals surface area contributed by atoms with Gasteiger partial charge in [0.15, 0.2) is 5.78 Å². The second-order valence-corrected chi connectivity index (χ2v) is 4.94. The molecule has 2 rings (SSSR count). The van der Waals surface area contributed by atoms with Gasteiger partial charge in [-0.25, -0.2) is 0 Å². The Balaban J connectivity index is 2.22. The van der Waals surface area contributed by atoms with Gasteiger partial charge in [-0.3, -0.25) is 4.79 Å². The van der Waals surface area contributed by atoms with Crippen LogP contribution in [0, 0.1) is 0 Å². The fraction of sp³-hybridized carbons (Fsp3) is 0.0625. The molecule has 0 unspecified atom stereocenters. The number of methoxy groups -OCH3 is 1. The molecule has 0 aliphatic heterocycles. The van der Waals surface area contributed by atoms with Gasteiger partial charge in [-0.15, -0.1) is 0 Å². The van der Waals surface area contributed by atoms with E-state index in [9.17, 15) is 4.79 Å². The summed E-state index contributed by atoms with van der Waals surface area (Å²) in [5, 5.41) is 0.863. The van der Waals surface area contributed by atoms with E-state index in [0.29, 0.717) is 15.6 Å². The van der Waals surface area contributed by atoms with E-state index in [-0.39, 0.29) is 5.78 Å². The normalized spacial score (nSPS) is 10.8. The monoisotopic (exact) mass is 306 g/mol. The van der Waals surface area contributed by atoms with Gasteiger partial charge < -0.3 is 4.74 Å². The van der Waals surface area contributed by atoms with Crippen molar-refractivity contribution in [1.29, 1.82) is 0 Å². The van der Waals surface area contributed by atoms with Crippen LogP contribution >= 0.6 is 23.2 Å². The van der Waals surface area contributed by atoms with Gasteiger partial charge in [0, 0.05) is 10.6 Å². The number of carbonyl (C=O) groups excluding carboxylic acids is 1. The molecule has 0 aliphatic rings. The van der Waals surface area contributed by atoms with E-state index in [2.05, 4.69) is 0 Å². The molecule has 0 amide bonds. The summed E-state index contributed by atoms with van der Waals surface area (Å²) in [6, 6.07) is 12.2. The first-order valence-corrected chi connectivity index (χ1v) is 6.67. The lowest BCUT2D eigenvalue weighted by Crippen LogP contribution is -1.95. The summed E-state index contributed by atoms with van der Waals surface area (Å²) in [4.78, 5) is 12.1. The van der Waals surface area contributed by atoms with Gasteiger partial charge in [-0.05, 0) is 42.0 Å². The summed E-state index contributed by atoms with van der Waals surface area (Å²) in [6.45, 7) is 0. The maximum absolute atomic E-state index is 12.1. The number of benzene rings is 2. The van der Waals surface area contributed by atoms with E-state index in [1.54, 1.807) is 31.4 Å². The van der Waals surface area contributed by atoms with Crippen LogP contribution in [0.4, 0.5) is 0 Å². The van der Waals surface area contributed by atoms with Crippen LogP contribution in [0.5, 0.6) is 5.75 Å². The van der Waals surface area contributed by atoms with Crippen molar-refractivity contribution >= 4 is 35.1 Å². The predicted octanol–water partition coefficient (Wildman–Crippen LogP) is 4.90. The standard InChI is InChI=1S/C16H12Cl2O2/c1-20-13-4-2-3-11(9-13)5-8-16(19)14-10-12(17)6-7-15(14)18/h2-10H,1H3/b8-5+. The second kappa shape index (κ2) is 6.60. The lowest BCUT2D eigenvalue weighted by Gasteiger charge is -2.01. The van der Waals surface area contributed by atoms with Crippen molar-refractivity contribution in [3.8, 4) is 5.75 Å². The van der Waals surface area contributed by atoms with Gasteiger partial charge in [0.05, 0.1) is 12.1 Å². The number of hydrogen-bond donors (Lipinski definition) is 0. The van der Waals surface area contributed by atoms with Crippen LogP contribution in [-0.4, -0.2) is 12.9 Å². The smallest absolute Gasteiger partial charge is 0.187 e. The highest BCUT2D eigenvalue weighted by molar-refractivity contribution is 6.36. The molecule has 2 aromatic carbocycles. The molecule has 0 atom stereocenters. The van der Waals surface area contributed by atoms with E-state index in [1.807, 2.05) is 24.3 Å². The van der Waals surface area contributed by atoms with Crippen molar-refractivity contribution in [2.75, 3.05) is 7.11 Å². The summed E-state index contributed by atoms with van der Waals surface area (Å²) in [5.74, 6) is 0.542. The third-order valence-corrected chi connectivity index (χ3v) is 3.28. The largest absolute Gasteiger partial charge is 0.497 e. The molecule has 0 radical (unpaired) electrons. The molecule has 20 heavy (non-hydrogen) atoms. The van der Waals surface area contributed by atoms with E-state index >= 15 is 0 Å². The maximum atomic E-state index is 12.1. The number of halogens is 2. The third-order valence-electron chi connectivity index (χ3n) is 2.71. The highest BCUT2D eigenvalue weighted by Gasteiger charge is 2.07. The van der Waals surface area contributed by atoms with Crippen LogP contribution in [0.3, 0.4) is 0 Å². The van der Waals surface area contributed by atoms with Crippen LogP contribution < -0.4 is 4.74 Å². The Labute approximate surface area is 127 Å². The van der Waals surface area contributed by atoms with Crippen molar-refractivity contribution in [2.24, 2.45) is 0 Å². The number of carbonyl (C=O) groups is 1. The molecule has 0 aromatic heterocycles. The minimum atomic E-state index is -0.194. The van der Waals surface area contributed by atoms with Crippen LogP contribution in [0.2, 0.25) is 10.0 Å². The Morgan fingerprint density at radius 1 is 1.15 bits per heavy atom. The summed E-state index contributed by atoms with van der Waals surface area (Å²) in [6.07, 6.45) is 3.18. The highest BCUT2D eigenvalue weighted by atomic mass is 35.5. The summed E-state index contributed by atoms with van der Waals surface area (Å²) in [7, 11) is 1.60. The lowest BCUT2D eigenvalue weighted by atomic mass is 10.1. The Morgan fingerprint density at radius 3 is 2.70 bits per heavy atom. The predicted molar refractivity (Wildman–Crippen MR) is 82.8 cm³/mol. The van der Waals surface area contributed by atoms with Crippen molar-refractivity contribution in [3.63, 3.8) is 0 Å². The zero-order chi connectivity index (χ0) is 14.5. The molecule has 0 bridgehead atoms. The molecule has 2 aromatic rings. The van der Waals surface area contributed by atoms with Gasteiger partial charge in [0.2, 0.25) is 0 Å². The Kier molecular flexibility index (Phi) is 4.83. The molecule has 102 valence electrons. The maximum Gasteiger partial charge on any atom is 0.187 e. The average molecular weight is 307 g/mol. The molecule has 0 saturated carbocycles. The summed E-state index contributed by atoms with van der Waals surface area (Å²) in [5.41, 5.74) is 1.26. The topological polar surface area (TPSA) is 26.3 Å². The fourth-order valence-electron chi connectivity index (χ4n) is 1.69. The van der Waals surface area contributed by atoms with Crippen molar-refractivity contribution in [3.05, 3.63) is 69.7 Å². The molecule has 0 spiro atoms. The molecular formula is C16H12Cl2O2. The van der Waals surface area contributed by atoms with Crippen molar-refractivity contribution in [1.82, 2.24) is 0 Å². The number of ketones is 1. The van der Waals surface area contributed by atoms with Crippen molar-refractivity contribution in [2.45, 2.75) is 0 Å². The zero-order valence-electron chi connectivity index (χ0n) is 10.8. The zero-order valence-corrected chi connectivity index (χ0v) is 12.3. The Bertz CT molecular complexity index is 663. The van der Waals surface area contributed by atoms with E-state index in [0.717, 1.165) is 11.3 Å². The SMILES string of the molecule is COc1cccc(/C=C/C(=O)c2cc(Cl)ccc2Cl)c1. The minimum Gasteiger partial charge on any atom is -0.497 e. The Morgan fingerprint density at radius 2 is 1.95 bits per heavy atom. The number of rotatable bonds is 4. The minimum absolute atomic E-state index is 0.194. The second-order valence-electron chi connectivity index (χ2n) is 4.10. The first-order chi connectivity index (χ1) is 9.60. The molecule has 0 heterocycles. The number of allylic oxidation sites excluding steroid dienone is 1. The lowest BCUT2D eigenvalue weighted by molar-refractivity contribution is 0.104. The quantitative estimate of drug-likeness (QED) is 0.593. The number of hydrogen-bond acceptors (Lipinski definition) is 2. The van der Waals surface area contributed by atoms with E-state index in [4.69, 9.17) is 27.9 Å².